The van der Waals surface area contributed by atoms with Crippen molar-refractivity contribution in [2.24, 2.45) is 0 Å². The van der Waals surface area contributed by atoms with E-state index >= 15 is 0 Å². The van der Waals surface area contributed by atoms with Crippen LogP contribution in [0.25, 0.3) is 0 Å². The average Bonchev–Trinajstić information content (AvgIpc) is 2.25. The minimum atomic E-state index is -0.413. The van der Waals surface area contributed by atoms with Crippen LogP contribution in [0.3, 0.4) is 0 Å². The Bertz CT molecular complexity index is 456. The minimum Gasteiger partial charge on any atom is -0.231 e. The normalized spacial score (nSPS) is 10.3. The highest BCUT2D eigenvalue weighted by atomic mass is 35.5. The number of hydrogen-bond acceptors (Lipinski definition) is 2. The highest BCUT2D eigenvalue weighted by Crippen LogP contribution is 2.13. The lowest BCUT2D eigenvalue weighted by molar-refractivity contribution is 0.595. The second-order valence-electron chi connectivity index (χ2n) is 3.07. The van der Waals surface area contributed by atoms with Gasteiger partial charge in [-0.15, -0.1) is 0 Å². The van der Waals surface area contributed by atoms with Crippen LogP contribution in [0.15, 0.2) is 30.5 Å². The summed E-state index contributed by atoms with van der Waals surface area (Å²) in [7, 11) is 0. The summed E-state index contributed by atoms with van der Waals surface area (Å²) in [6.07, 6.45) is 3.90. The third-order valence-electron chi connectivity index (χ3n) is 1.98. The average molecular weight is 222 g/mol. The Kier molecular flexibility index (Phi) is 2.92. The van der Waals surface area contributed by atoms with Crippen LogP contribution in [0.4, 0.5) is 4.39 Å². The van der Waals surface area contributed by atoms with Gasteiger partial charge < -0.3 is 0 Å². The molecule has 0 saturated heterocycles. The van der Waals surface area contributed by atoms with Crippen LogP contribution in [0.2, 0.25) is 5.02 Å². The van der Waals surface area contributed by atoms with Crippen LogP contribution >= 0.6 is 11.6 Å². The Morgan fingerprint density at radius 1 is 1.27 bits per heavy atom. The van der Waals surface area contributed by atoms with Gasteiger partial charge in [0.1, 0.15) is 0 Å². The van der Waals surface area contributed by atoms with Crippen molar-refractivity contribution < 1.29 is 4.39 Å². The first kappa shape index (κ1) is 10.1. The molecule has 75 valence electrons. The van der Waals surface area contributed by atoms with Crippen molar-refractivity contribution in [2.45, 2.75) is 6.42 Å². The molecule has 0 N–H and O–H groups in total. The predicted molar refractivity (Wildman–Crippen MR) is 55.1 cm³/mol. The van der Waals surface area contributed by atoms with Crippen LogP contribution in [0.1, 0.15) is 11.3 Å². The van der Waals surface area contributed by atoms with Gasteiger partial charge in [0.25, 0.3) is 0 Å². The fourth-order valence-electron chi connectivity index (χ4n) is 1.22. The summed E-state index contributed by atoms with van der Waals surface area (Å²) in [5, 5.41) is 0.661. The molecule has 2 aromatic rings. The third-order valence-corrected chi connectivity index (χ3v) is 2.23. The van der Waals surface area contributed by atoms with Gasteiger partial charge in [-0.1, -0.05) is 23.7 Å². The Labute approximate surface area is 91.8 Å². The van der Waals surface area contributed by atoms with E-state index in [2.05, 4.69) is 16.3 Å². The lowest BCUT2D eigenvalue weighted by Crippen LogP contribution is -1.97. The molecule has 0 aliphatic carbocycles. The zero-order valence-electron chi connectivity index (χ0n) is 7.74. The van der Waals surface area contributed by atoms with E-state index in [1.54, 1.807) is 12.1 Å². The number of aromatic nitrogens is 2. The maximum absolute atomic E-state index is 13.2. The Balaban J connectivity index is 2.22. The van der Waals surface area contributed by atoms with E-state index < -0.39 is 5.82 Å². The number of rotatable bonds is 2. The first-order valence-corrected chi connectivity index (χ1v) is 4.75. The van der Waals surface area contributed by atoms with E-state index in [1.807, 2.05) is 12.1 Å². The van der Waals surface area contributed by atoms with Crippen molar-refractivity contribution in [1.29, 1.82) is 0 Å². The summed E-state index contributed by atoms with van der Waals surface area (Å²) >= 11 is 5.74. The van der Waals surface area contributed by atoms with E-state index in [0.29, 0.717) is 17.1 Å². The van der Waals surface area contributed by atoms with Gasteiger partial charge in [-0.2, -0.15) is 0 Å². The van der Waals surface area contributed by atoms with Gasteiger partial charge in [-0.3, -0.25) is 0 Å². The molecule has 1 aromatic heterocycles. The minimum absolute atomic E-state index is 0.340. The third kappa shape index (κ3) is 2.50. The van der Waals surface area contributed by atoms with E-state index in [0.717, 1.165) is 11.8 Å². The second-order valence-corrected chi connectivity index (χ2v) is 3.50. The molecule has 0 unspecified atom stereocenters. The van der Waals surface area contributed by atoms with Crippen molar-refractivity contribution >= 4 is 11.6 Å². The second kappa shape index (κ2) is 4.36. The van der Waals surface area contributed by atoms with Crippen LogP contribution in [0.5, 0.6) is 0 Å². The van der Waals surface area contributed by atoms with Gasteiger partial charge in [0.15, 0.2) is 12.1 Å². The Morgan fingerprint density at radius 3 is 2.67 bits per heavy atom. The van der Waals surface area contributed by atoms with Crippen molar-refractivity contribution in [1.82, 2.24) is 9.97 Å². The van der Waals surface area contributed by atoms with Gasteiger partial charge >= 0.3 is 0 Å². The van der Waals surface area contributed by atoms with Gasteiger partial charge in [0.05, 0.1) is 11.9 Å². The zero-order valence-corrected chi connectivity index (χ0v) is 8.50. The molecule has 0 bridgehead atoms. The molecule has 1 radical (unpaired) electrons. The Hall–Kier alpha value is -1.48. The molecule has 0 saturated carbocycles. The first-order valence-electron chi connectivity index (χ1n) is 4.37. The SMILES string of the molecule is Fc1cn[c]nc1Cc1ccc(Cl)cc1. The summed E-state index contributed by atoms with van der Waals surface area (Å²) in [5.74, 6) is -0.413. The predicted octanol–water partition coefficient (Wildman–Crippen LogP) is 2.66. The zero-order chi connectivity index (χ0) is 10.7. The maximum atomic E-state index is 13.2. The topological polar surface area (TPSA) is 25.8 Å². The largest absolute Gasteiger partial charge is 0.231 e. The van der Waals surface area contributed by atoms with Gasteiger partial charge in [0, 0.05) is 11.4 Å². The standard InChI is InChI=1S/C11H7ClFN2/c12-9-3-1-8(2-4-9)5-11-10(13)6-14-7-15-11/h1-4,6H,5H2. The number of halogens is 2. The fourth-order valence-corrected chi connectivity index (χ4v) is 1.35. The first-order chi connectivity index (χ1) is 7.25. The molecule has 1 aromatic carbocycles. The number of benzene rings is 1. The summed E-state index contributed by atoms with van der Waals surface area (Å²) in [5.41, 5.74) is 1.29. The van der Waals surface area contributed by atoms with Crippen LogP contribution in [0, 0.1) is 12.1 Å². The van der Waals surface area contributed by atoms with Gasteiger partial charge in [0.2, 0.25) is 0 Å². The van der Waals surface area contributed by atoms with Crippen molar-refractivity contribution in [2.75, 3.05) is 0 Å². The van der Waals surface area contributed by atoms with E-state index in [1.165, 1.54) is 0 Å². The molecule has 2 nitrogen and oxygen atoms in total. The number of nitrogens with zero attached hydrogens (tertiary/aromatic N) is 2. The van der Waals surface area contributed by atoms with Crippen LogP contribution < -0.4 is 0 Å². The lowest BCUT2D eigenvalue weighted by atomic mass is 10.1. The smallest absolute Gasteiger partial charge is 0.198 e. The molecule has 0 atom stereocenters. The van der Waals surface area contributed by atoms with Crippen LogP contribution in [-0.2, 0) is 6.42 Å². The highest BCUT2D eigenvalue weighted by Gasteiger charge is 2.04. The van der Waals surface area contributed by atoms with E-state index in [-0.39, 0.29) is 0 Å². The molecule has 15 heavy (non-hydrogen) atoms. The van der Waals surface area contributed by atoms with E-state index in [4.69, 9.17) is 11.6 Å². The quantitative estimate of drug-likeness (QED) is 0.779. The van der Waals surface area contributed by atoms with Crippen molar-refractivity contribution in [3.8, 4) is 0 Å². The Morgan fingerprint density at radius 2 is 2.00 bits per heavy atom. The fraction of sp³-hybridized carbons (Fsp3) is 0.0909. The molecule has 1 heterocycles. The molecular weight excluding hydrogens is 215 g/mol. The molecule has 4 heteroatoms. The summed E-state index contributed by atoms with van der Waals surface area (Å²) in [6.45, 7) is 0. The van der Waals surface area contributed by atoms with Crippen molar-refractivity contribution in [3.63, 3.8) is 0 Å². The lowest BCUT2D eigenvalue weighted by Gasteiger charge is -2.01. The monoisotopic (exact) mass is 221 g/mol. The molecule has 0 aliphatic rings. The maximum Gasteiger partial charge on any atom is 0.198 e. The van der Waals surface area contributed by atoms with Crippen molar-refractivity contribution in [3.05, 3.63) is 58.9 Å². The van der Waals surface area contributed by atoms with E-state index in [9.17, 15) is 4.39 Å². The van der Waals surface area contributed by atoms with Crippen LogP contribution in [-0.4, -0.2) is 9.97 Å². The molecular formula is C11H7ClFN2. The number of hydrogen-bond donors (Lipinski definition) is 0. The molecule has 0 fully saturated rings. The summed E-state index contributed by atoms with van der Waals surface area (Å²) in [6, 6.07) is 7.20. The molecule has 2 rings (SSSR count). The van der Waals surface area contributed by atoms with Gasteiger partial charge in [-0.25, -0.2) is 14.4 Å². The summed E-state index contributed by atoms with van der Waals surface area (Å²) in [4.78, 5) is 7.22. The summed E-state index contributed by atoms with van der Waals surface area (Å²) < 4.78 is 13.2. The molecule has 0 spiro atoms. The molecule has 0 aliphatic heterocycles. The highest BCUT2D eigenvalue weighted by molar-refractivity contribution is 6.30. The van der Waals surface area contributed by atoms with Gasteiger partial charge in [-0.05, 0) is 17.7 Å². The molecule has 0 amide bonds.